The number of nitrogens with zero attached hydrogens (tertiary/aromatic N) is 5. The normalized spacial score (nSPS) is 15.5. The molecule has 6 nitrogen and oxygen atoms in total. The molecule has 5 rings (SSSR count). The fourth-order valence-electron chi connectivity index (χ4n) is 4.70. The van der Waals surface area contributed by atoms with Gasteiger partial charge in [-0.1, -0.05) is 59.6 Å². The molecule has 3 heterocycles. The van der Waals surface area contributed by atoms with Gasteiger partial charge in [0.2, 0.25) is 5.91 Å². The van der Waals surface area contributed by atoms with E-state index < -0.39 is 0 Å². The molecule has 2 aromatic heterocycles. The Morgan fingerprint density at radius 1 is 0.971 bits per heavy atom. The summed E-state index contributed by atoms with van der Waals surface area (Å²) in [6.07, 6.45) is 0.322. The molecule has 0 N–H and O–H groups in total. The first-order chi connectivity index (χ1) is 16.3. The van der Waals surface area contributed by atoms with E-state index in [1.165, 1.54) is 5.56 Å². The first-order valence-electron chi connectivity index (χ1n) is 11.3. The molecule has 2 aromatic carbocycles. The predicted octanol–water partition coefficient (Wildman–Crippen LogP) is 5.62. The second-order valence-corrected chi connectivity index (χ2v) is 9.34. The van der Waals surface area contributed by atoms with E-state index in [1.807, 2.05) is 56.0 Å². The summed E-state index contributed by atoms with van der Waals surface area (Å²) >= 11 is 6.59. The zero-order chi connectivity index (χ0) is 24.0. The van der Waals surface area contributed by atoms with E-state index in [1.54, 1.807) is 4.68 Å². The minimum atomic E-state index is -0.190. The van der Waals surface area contributed by atoms with E-state index in [0.717, 1.165) is 33.8 Å². The van der Waals surface area contributed by atoms with Gasteiger partial charge in [0.15, 0.2) is 0 Å². The van der Waals surface area contributed by atoms with Gasteiger partial charge < -0.3 is 0 Å². The molecular formula is C27H26ClN5O. The van der Waals surface area contributed by atoms with Gasteiger partial charge in [-0.05, 0) is 51.0 Å². The van der Waals surface area contributed by atoms with Gasteiger partial charge >= 0.3 is 0 Å². The fourth-order valence-corrected chi connectivity index (χ4v) is 4.97. The van der Waals surface area contributed by atoms with Crippen LogP contribution in [0.15, 0.2) is 54.6 Å². The number of aryl methyl sites for hydroxylation is 4. The monoisotopic (exact) mass is 471 g/mol. The van der Waals surface area contributed by atoms with Crippen molar-refractivity contribution in [3.63, 3.8) is 0 Å². The first kappa shape index (κ1) is 22.3. The highest BCUT2D eigenvalue weighted by molar-refractivity contribution is 6.31. The Bertz CT molecular complexity index is 1370. The second kappa shape index (κ2) is 8.69. The maximum Gasteiger partial charge on any atom is 0.252 e. The summed E-state index contributed by atoms with van der Waals surface area (Å²) in [7, 11) is 0. The number of amides is 1. The van der Waals surface area contributed by atoms with Crippen molar-refractivity contribution in [3.8, 4) is 5.95 Å². The maximum absolute atomic E-state index is 13.7. The Labute approximate surface area is 204 Å². The van der Waals surface area contributed by atoms with Gasteiger partial charge in [-0.25, -0.2) is 9.97 Å². The topological polar surface area (TPSA) is 63.9 Å². The molecule has 0 saturated heterocycles. The zero-order valence-electron chi connectivity index (χ0n) is 19.7. The molecule has 1 aliphatic rings. The molecular weight excluding hydrogens is 446 g/mol. The van der Waals surface area contributed by atoms with Crippen LogP contribution in [-0.2, 0) is 11.3 Å². The van der Waals surface area contributed by atoms with Crippen molar-refractivity contribution < 1.29 is 4.79 Å². The molecule has 34 heavy (non-hydrogen) atoms. The molecule has 1 unspecified atom stereocenters. The molecule has 0 fully saturated rings. The average molecular weight is 472 g/mol. The van der Waals surface area contributed by atoms with Crippen LogP contribution in [-0.4, -0.2) is 25.7 Å². The highest BCUT2D eigenvalue weighted by Gasteiger charge is 2.39. The van der Waals surface area contributed by atoms with E-state index in [0.29, 0.717) is 29.8 Å². The van der Waals surface area contributed by atoms with Gasteiger partial charge in [-0.15, -0.1) is 0 Å². The number of hydrogen-bond donors (Lipinski definition) is 0. The number of hydrogen-bond acceptors (Lipinski definition) is 4. The Morgan fingerprint density at radius 2 is 1.65 bits per heavy atom. The molecule has 0 aliphatic carbocycles. The van der Waals surface area contributed by atoms with Crippen molar-refractivity contribution >= 4 is 23.3 Å². The Hall–Kier alpha value is -3.51. The highest BCUT2D eigenvalue weighted by Crippen LogP contribution is 2.44. The summed E-state index contributed by atoms with van der Waals surface area (Å²) in [5, 5.41) is 5.49. The number of fused-ring (bicyclic) bond motifs is 1. The minimum absolute atomic E-state index is 0.0171. The van der Waals surface area contributed by atoms with Gasteiger partial charge in [-0.3, -0.25) is 9.69 Å². The number of rotatable bonds is 4. The van der Waals surface area contributed by atoms with Crippen molar-refractivity contribution in [2.75, 3.05) is 4.90 Å². The zero-order valence-corrected chi connectivity index (χ0v) is 20.5. The molecule has 4 aromatic rings. The molecule has 0 bridgehead atoms. The number of anilines is 1. The summed E-state index contributed by atoms with van der Waals surface area (Å²) in [6, 6.07) is 17.9. The van der Waals surface area contributed by atoms with Gasteiger partial charge in [0.25, 0.3) is 5.95 Å². The van der Waals surface area contributed by atoms with Crippen LogP contribution in [0.5, 0.6) is 0 Å². The van der Waals surface area contributed by atoms with Crippen LogP contribution in [0.1, 0.15) is 51.7 Å². The van der Waals surface area contributed by atoms with Crippen LogP contribution in [0, 0.1) is 27.7 Å². The van der Waals surface area contributed by atoms with Crippen molar-refractivity contribution in [2.45, 2.75) is 46.6 Å². The largest absolute Gasteiger partial charge is 0.292 e. The SMILES string of the molecule is Cc1ccc(CN2C(=O)CC(c3ccccc3Cl)c3c(C)nn(-c4nc(C)cc(C)n4)c32)cc1. The summed E-state index contributed by atoms with van der Waals surface area (Å²) in [5.41, 5.74) is 6.67. The Morgan fingerprint density at radius 3 is 2.32 bits per heavy atom. The van der Waals surface area contributed by atoms with Crippen molar-refractivity contribution in [1.29, 1.82) is 0 Å². The summed E-state index contributed by atoms with van der Waals surface area (Å²) < 4.78 is 1.72. The van der Waals surface area contributed by atoms with E-state index in [4.69, 9.17) is 16.7 Å². The molecule has 1 atom stereocenters. The van der Waals surface area contributed by atoms with Crippen LogP contribution in [0.3, 0.4) is 0 Å². The standard InChI is InChI=1S/C27H26ClN5O/c1-16-9-11-20(12-10-16)15-32-24(34)14-22(21-7-5-6-8-23(21)28)25-19(4)31-33(26(25)32)27-29-17(2)13-18(3)30-27/h5-13,22H,14-15H2,1-4H3. The van der Waals surface area contributed by atoms with Crippen molar-refractivity contribution in [2.24, 2.45) is 0 Å². The van der Waals surface area contributed by atoms with E-state index in [2.05, 4.69) is 41.2 Å². The average Bonchev–Trinajstić information content (AvgIpc) is 3.14. The maximum atomic E-state index is 13.7. The number of benzene rings is 2. The lowest BCUT2D eigenvalue weighted by Gasteiger charge is -2.33. The lowest BCUT2D eigenvalue weighted by Crippen LogP contribution is -2.38. The first-order valence-corrected chi connectivity index (χ1v) is 11.7. The molecule has 0 radical (unpaired) electrons. The number of carbonyl (C=O) groups is 1. The second-order valence-electron chi connectivity index (χ2n) is 8.93. The number of aromatic nitrogens is 4. The smallest absolute Gasteiger partial charge is 0.252 e. The predicted molar refractivity (Wildman–Crippen MR) is 134 cm³/mol. The van der Waals surface area contributed by atoms with Crippen LogP contribution >= 0.6 is 11.6 Å². The number of halogens is 1. The van der Waals surface area contributed by atoms with E-state index >= 15 is 0 Å². The summed E-state index contributed by atoms with van der Waals surface area (Å²) in [5.74, 6) is 1.00. The van der Waals surface area contributed by atoms with Crippen molar-refractivity contribution in [3.05, 3.63) is 99.0 Å². The molecule has 0 spiro atoms. The molecule has 0 saturated carbocycles. The van der Waals surface area contributed by atoms with Crippen LogP contribution in [0.4, 0.5) is 5.82 Å². The summed E-state index contributed by atoms with van der Waals surface area (Å²) in [4.78, 5) is 24.8. The van der Waals surface area contributed by atoms with Gasteiger partial charge in [0.05, 0.1) is 12.2 Å². The third kappa shape index (κ3) is 3.99. The minimum Gasteiger partial charge on any atom is -0.292 e. The molecule has 1 aliphatic heterocycles. The Balaban J connectivity index is 1.72. The highest BCUT2D eigenvalue weighted by atomic mass is 35.5. The Kier molecular flexibility index (Phi) is 5.70. The third-order valence-corrected chi connectivity index (χ3v) is 6.61. The van der Waals surface area contributed by atoms with Crippen LogP contribution in [0.2, 0.25) is 5.02 Å². The molecule has 7 heteroatoms. The lowest BCUT2D eigenvalue weighted by atomic mass is 9.85. The van der Waals surface area contributed by atoms with Crippen LogP contribution in [0.25, 0.3) is 5.95 Å². The third-order valence-electron chi connectivity index (χ3n) is 6.27. The fraction of sp³-hybridized carbons (Fsp3) is 0.259. The van der Waals surface area contributed by atoms with Gasteiger partial charge in [-0.2, -0.15) is 9.78 Å². The van der Waals surface area contributed by atoms with Crippen molar-refractivity contribution in [1.82, 2.24) is 19.7 Å². The van der Waals surface area contributed by atoms with E-state index in [-0.39, 0.29) is 11.8 Å². The lowest BCUT2D eigenvalue weighted by molar-refractivity contribution is -0.119. The van der Waals surface area contributed by atoms with Gasteiger partial charge in [0, 0.05) is 34.3 Å². The summed E-state index contributed by atoms with van der Waals surface area (Å²) in [6.45, 7) is 8.34. The quantitative estimate of drug-likeness (QED) is 0.387. The van der Waals surface area contributed by atoms with Crippen LogP contribution < -0.4 is 4.90 Å². The molecule has 1 amide bonds. The molecule has 172 valence electrons. The van der Waals surface area contributed by atoms with E-state index in [9.17, 15) is 4.79 Å². The van der Waals surface area contributed by atoms with Gasteiger partial charge in [0.1, 0.15) is 5.82 Å². The number of carbonyl (C=O) groups excluding carboxylic acids is 1.